The summed E-state index contributed by atoms with van der Waals surface area (Å²) in [5, 5.41) is 4.84. The molecule has 0 amide bonds. The number of aryl methyl sites for hydroxylation is 2. The summed E-state index contributed by atoms with van der Waals surface area (Å²) >= 11 is 1.78. The molecule has 1 aliphatic carbocycles. The van der Waals surface area contributed by atoms with Crippen molar-refractivity contribution in [1.82, 2.24) is 10.3 Å². The Morgan fingerprint density at radius 1 is 1.41 bits per heavy atom. The number of nitrogens with one attached hydrogen (secondary N) is 1. The number of thiazole rings is 1. The monoisotopic (exact) mass is 254 g/mol. The molecule has 1 N–H and O–H groups in total. The number of nitrogens with zero attached hydrogens (tertiary/aromatic N) is 1. The van der Waals surface area contributed by atoms with E-state index in [4.69, 9.17) is 4.74 Å². The quantitative estimate of drug-likeness (QED) is 0.897. The lowest BCUT2D eigenvalue weighted by Gasteiger charge is -2.18. The van der Waals surface area contributed by atoms with Crippen LogP contribution in [0.4, 0.5) is 0 Å². The zero-order valence-electron chi connectivity index (χ0n) is 11.1. The van der Waals surface area contributed by atoms with Gasteiger partial charge in [-0.25, -0.2) is 4.98 Å². The van der Waals surface area contributed by atoms with Gasteiger partial charge in [0.15, 0.2) is 0 Å². The van der Waals surface area contributed by atoms with Crippen LogP contribution in [0.25, 0.3) is 0 Å². The molecule has 0 saturated heterocycles. The first-order chi connectivity index (χ1) is 8.10. The molecule has 1 aromatic rings. The molecule has 0 aromatic carbocycles. The van der Waals surface area contributed by atoms with Crippen molar-refractivity contribution in [3.05, 3.63) is 15.6 Å². The van der Waals surface area contributed by atoms with Gasteiger partial charge in [0.25, 0.3) is 0 Å². The Morgan fingerprint density at radius 3 is 2.71 bits per heavy atom. The average molecular weight is 254 g/mol. The van der Waals surface area contributed by atoms with Gasteiger partial charge in [0.2, 0.25) is 0 Å². The number of hydrogen-bond acceptors (Lipinski definition) is 4. The SMILES string of the molecule is COC1CCC(NC(C)c2nc(C)sc2C)C1. The fourth-order valence-electron chi connectivity index (χ4n) is 2.68. The standard InChI is InChI=1S/C13H22N2OS/c1-8(13-9(2)17-10(3)15-13)14-11-5-6-12(7-11)16-4/h8,11-12,14H,5-7H2,1-4H3. The molecule has 0 bridgehead atoms. The molecule has 1 aromatic heterocycles. The smallest absolute Gasteiger partial charge is 0.0900 e. The highest BCUT2D eigenvalue weighted by Crippen LogP contribution is 2.27. The van der Waals surface area contributed by atoms with E-state index in [1.165, 1.54) is 23.4 Å². The van der Waals surface area contributed by atoms with E-state index in [0.29, 0.717) is 18.2 Å². The largest absolute Gasteiger partial charge is 0.381 e. The van der Waals surface area contributed by atoms with Crippen LogP contribution in [-0.2, 0) is 4.74 Å². The molecule has 3 unspecified atom stereocenters. The van der Waals surface area contributed by atoms with Gasteiger partial charge >= 0.3 is 0 Å². The Morgan fingerprint density at radius 2 is 2.18 bits per heavy atom. The first kappa shape index (κ1) is 13.0. The molecule has 0 aliphatic heterocycles. The van der Waals surface area contributed by atoms with Crippen molar-refractivity contribution in [3.63, 3.8) is 0 Å². The van der Waals surface area contributed by atoms with Gasteiger partial charge in [-0.3, -0.25) is 0 Å². The highest BCUT2D eigenvalue weighted by molar-refractivity contribution is 7.11. The van der Waals surface area contributed by atoms with E-state index in [-0.39, 0.29) is 0 Å². The predicted octanol–water partition coefficient (Wildman–Crippen LogP) is 2.98. The third kappa shape index (κ3) is 3.06. The molecule has 4 heteroatoms. The summed E-state index contributed by atoms with van der Waals surface area (Å²) in [6.07, 6.45) is 3.96. The lowest BCUT2D eigenvalue weighted by molar-refractivity contribution is 0.106. The maximum absolute atomic E-state index is 5.40. The minimum absolute atomic E-state index is 0.348. The average Bonchev–Trinajstić information content (AvgIpc) is 2.85. The van der Waals surface area contributed by atoms with Gasteiger partial charge in [0, 0.05) is 24.1 Å². The second-order valence-electron chi connectivity index (χ2n) is 4.93. The van der Waals surface area contributed by atoms with Crippen LogP contribution < -0.4 is 5.32 Å². The van der Waals surface area contributed by atoms with E-state index in [9.17, 15) is 0 Å². The summed E-state index contributed by atoms with van der Waals surface area (Å²) in [6.45, 7) is 6.44. The van der Waals surface area contributed by atoms with Crippen molar-refractivity contribution in [3.8, 4) is 0 Å². The van der Waals surface area contributed by atoms with Crippen molar-refractivity contribution < 1.29 is 4.74 Å². The highest BCUT2D eigenvalue weighted by Gasteiger charge is 2.26. The van der Waals surface area contributed by atoms with Crippen molar-refractivity contribution in [1.29, 1.82) is 0 Å². The van der Waals surface area contributed by atoms with Crippen molar-refractivity contribution in [2.24, 2.45) is 0 Å². The molecule has 1 saturated carbocycles. The van der Waals surface area contributed by atoms with Gasteiger partial charge in [-0.05, 0) is 40.0 Å². The van der Waals surface area contributed by atoms with Gasteiger partial charge in [-0.2, -0.15) is 0 Å². The molecule has 3 atom stereocenters. The lowest BCUT2D eigenvalue weighted by Crippen LogP contribution is -2.30. The van der Waals surface area contributed by atoms with Crippen LogP contribution in [0.2, 0.25) is 0 Å². The van der Waals surface area contributed by atoms with Gasteiger partial charge < -0.3 is 10.1 Å². The predicted molar refractivity (Wildman–Crippen MR) is 71.6 cm³/mol. The summed E-state index contributed by atoms with van der Waals surface area (Å²) in [5.41, 5.74) is 1.22. The molecular formula is C13H22N2OS. The number of aromatic nitrogens is 1. The minimum atomic E-state index is 0.348. The zero-order chi connectivity index (χ0) is 12.4. The highest BCUT2D eigenvalue weighted by atomic mass is 32.1. The number of rotatable bonds is 4. The Labute approximate surface area is 108 Å². The van der Waals surface area contributed by atoms with Gasteiger partial charge in [-0.1, -0.05) is 0 Å². The molecule has 3 nitrogen and oxygen atoms in total. The third-order valence-corrected chi connectivity index (χ3v) is 4.46. The first-order valence-corrected chi connectivity index (χ1v) is 7.14. The first-order valence-electron chi connectivity index (χ1n) is 6.33. The molecule has 1 aliphatic rings. The Hall–Kier alpha value is -0.450. The van der Waals surface area contributed by atoms with Crippen LogP contribution in [0.5, 0.6) is 0 Å². The van der Waals surface area contributed by atoms with Crippen molar-refractivity contribution >= 4 is 11.3 Å². The minimum Gasteiger partial charge on any atom is -0.381 e. The number of ether oxygens (including phenoxy) is 1. The second kappa shape index (κ2) is 5.46. The second-order valence-corrected chi connectivity index (χ2v) is 6.34. The van der Waals surface area contributed by atoms with Crippen LogP contribution >= 0.6 is 11.3 Å². The fourth-order valence-corrected chi connectivity index (χ4v) is 3.60. The molecule has 0 spiro atoms. The summed E-state index contributed by atoms with van der Waals surface area (Å²) in [5.74, 6) is 0. The van der Waals surface area contributed by atoms with E-state index in [1.54, 1.807) is 11.3 Å². The van der Waals surface area contributed by atoms with Crippen LogP contribution in [-0.4, -0.2) is 24.2 Å². The van der Waals surface area contributed by atoms with E-state index >= 15 is 0 Å². The molecule has 96 valence electrons. The van der Waals surface area contributed by atoms with Crippen LogP contribution in [0.1, 0.15) is 47.8 Å². The van der Waals surface area contributed by atoms with Crippen LogP contribution in [0, 0.1) is 13.8 Å². The molecule has 1 heterocycles. The zero-order valence-corrected chi connectivity index (χ0v) is 11.9. The van der Waals surface area contributed by atoms with Crippen LogP contribution in [0.15, 0.2) is 0 Å². The summed E-state index contributed by atoms with van der Waals surface area (Å²) in [6, 6.07) is 0.928. The maximum atomic E-state index is 5.40. The van der Waals surface area contributed by atoms with Crippen LogP contribution in [0.3, 0.4) is 0 Å². The van der Waals surface area contributed by atoms with Crippen molar-refractivity contribution in [2.45, 2.75) is 58.2 Å². The third-order valence-electron chi connectivity index (χ3n) is 3.55. The van der Waals surface area contributed by atoms with Gasteiger partial charge in [0.1, 0.15) is 0 Å². The summed E-state index contributed by atoms with van der Waals surface area (Å²) in [4.78, 5) is 5.95. The maximum Gasteiger partial charge on any atom is 0.0900 e. The Balaban J connectivity index is 1.93. The molecule has 2 rings (SSSR count). The Bertz CT molecular complexity index is 377. The fraction of sp³-hybridized carbons (Fsp3) is 0.769. The van der Waals surface area contributed by atoms with E-state index in [1.807, 2.05) is 7.11 Å². The summed E-state index contributed by atoms with van der Waals surface area (Å²) in [7, 11) is 1.81. The molecule has 0 radical (unpaired) electrons. The normalized spacial score (nSPS) is 26.4. The molecule has 1 fully saturated rings. The van der Waals surface area contributed by atoms with E-state index in [0.717, 1.165) is 11.4 Å². The molecule has 17 heavy (non-hydrogen) atoms. The Kier molecular flexibility index (Phi) is 4.17. The topological polar surface area (TPSA) is 34.1 Å². The lowest BCUT2D eigenvalue weighted by atomic mass is 10.1. The molecular weight excluding hydrogens is 232 g/mol. The summed E-state index contributed by atoms with van der Waals surface area (Å²) < 4.78 is 5.40. The van der Waals surface area contributed by atoms with Gasteiger partial charge in [-0.15, -0.1) is 11.3 Å². The van der Waals surface area contributed by atoms with Gasteiger partial charge in [0.05, 0.1) is 16.8 Å². The van der Waals surface area contributed by atoms with E-state index in [2.05, 4.69) is 31.1 Å². The number of methoxy groups -OCH3 is 1. The number of hydrogen-bond donors (Lipinski definition) is 1. The van der Waals surface area contributed by atoms with Crippen molar-refractivity contribution in [2.75, 3.05) is 7.11 Å². The van der Waals surface area contributed by atoms with E-state index < -0.39 is 0 Å².